The van der Waals surface area contributed by atoms with E-state index in [1.807, 2.05) is 0 Å². The molecule has 0 aliphatic heterocycles. The third-order valence-corrected chi connectivity index (χ3v) is 4.37. The molecule has 0 saturated heterocycles. The Bertz CT molecular complexity index is 927. The number of aryl methyl sites for hydroxylation is 1. The lowest BCUT2D eigenvalue weighted by atomic mass is 10.0. The molecular weight excluding hydrogens is 369 g/mol. The second-order valence-corrected chi connectivity index (χ2v) is 6.51. The SMILES string of the molecule is C[C@@H](Oc1ccc(Cl)cc1)C(=O)N[C@H](c1ccccc1F)c1nccn1C. The first-order valence-electron chi connectivity index (χ1n) is 8.40. The number of hydrogen-bond donors (Lipinski definition) is 1. The summed E-state index contributed by atoms with van der Waals surface area (Å²) in [5.74, 6) is 0.229. The van der Waals surface area contributed by atoms with Crippen LogP contribution in [0.3, 0.4) is 0 Å². The number of aromatic nitrogens is 2. The van der Waals surface area contributed by atoms with E-state index in [9.17, 15) is 9.18 Å². The van der Waals surface area contributed by atoms with E-state index < -0.39 is 18.0 Å². The fourth-order valence-corrected chi connectivity index (χ4v) is 2.80. The fourth-order valence-electron chi connectivity index (χ4n) is 2.68. The molecule has 1 N–H and O–H groups in total. The second kappa shape index (κ2) is 8.22. The van der Waals surface area contributed by atoms with Gasteiger partial charge >= 0.3 is 0 Å². The van der Waals surface area contributed by atoms with Crippen molar-refractivity contribution in [1.82, 2.24) is 14.9 Å². The van der Waals surface area contributed by atoms with Crippen LogP contribution in [0, 0.1) is 5.82 Å². The summed E-state index contributed by atoms with van der Waals surface area (Å²) in [7, 11) is 1.79. The normalized spacial score (nSPS) is 13.0. The standard InChI is InChI=1S/C20H19ClFN3O2/c1-13(27-15-9-7-14(21)8-10-15)20(26)24-18(19-23-11-12-25(19)2)16-5-3-4-6-17(16)22/h3-13,18H,1-2H3,(H,24,26)/t13-,18-/m1/s1. The van der Waals surface area contributed by atoms with Crippen LogP contribution in [-0.4, -0.2) is 21.6 Å². The lowest BCUT2D eigenvalue weighted by Crippen LogP contribution is -2.40. The van der Waals surface area contributed by atoms with Gasteiger partial charge in [-0.05, 0) is 37.3 Å². The number of rotatable bonds is 6. The topological polar surface area (TPSA) is 56.1 Å². The Hall–Kier alpha value is -2.86. The van der Waals surface area contributed by atoms with Crippen molar-refractivity contribution >= 4 is 17.5 Å². The van der Waals surface area contributed by atoms with E-state index in [1.54, 1.807) is 73.4 Å². The van der Waals surface area contributed by atoms with Crippen molar-refractivity contribution in [1.29, 1.82) is 0 Å². The van der Waals surface area contributed by atoms with Crippen molar-refractivity contribution in [2.75, 3.05) is 0 Å². The van der Waals surface area contributed by atoms with E-state index in [0.29, 0.717) is 22.2 Å². The van der Waals surface area contributed by atoms with Gasteiger partial charge in [-0.2, -0.15) is 0 Å². The Labute approximate surface area is 161 Å². The summed E-state index contributed by atoms with van der Waals surface area (Å²) in [6.45, 7) is 1.63. The quantitative estimate of drug-likeness (QED) is 0.698. The predicted octanol–water partition coefficient (Wildman–Crippen LogP) is 3.89. The zero-order chi connectivity index (χ0) is 19.4. The zero-order valence-corrected chi connectivity index (χ0v) is 15.7. The Morgan fingerprint density at radius 1 is 1.22 bits per heavy atom. The maximum atomic E-state index is 14.4. The van der Waals surface area contributed by atoms with Gasteiger partial charge in [0.2, 0.25) is 0 Å². The van der Waals surface area contributed by atoms with E-state index in [2.05, 4.69) is 10.3 Å². The molecule has 2 aromatic carbocycles. The van der Waals surface area contributed by atoms with Crippen LogP contribution >= 0.6 is 11.6 Å². The van der Waals surface area contributed by atoms with Gasteiger partial charge in [0.15, 0.2) is 6.10 Å². The van der Waals surface area contributed by atoms with Crippen LogP contribution in [0.15, 0.2) is 60.9 Å². The fraction of sp³-hybridized carbons (Fsp3) is 0.200. The molecule has 0 aliphatic carbocycles. The van der Waals surface area contributed by atoms with Gasteiger partial charge in [-0.3, -0.25) is 4.79 Å². The highest BCUT2D eigenvalue weighted by Gasteiger charge is 2.26. The highest BCUT2D eigenvalue weighted by atomic mass is 35.5. The average Bonchev–Trinajstić information content (AvgIpc) is 3.08. The van der Waals surface area contributed by atoms with E-state index in [-0.39, 0.29) is 5.91 Å². The molecule has 3 rings (SSSR count). The molecule has 0 aliphatic rings. The number of nitrogens with one attached hydrogen (secondary N) is 1. The molecule has 1 amide bonds. The Morgan fingerprint density at radius 3 is 2.56 bits per heavy atom. The molecule has 140 valence electrons. The van der Waals surface area contributed by atoms with Crippen LogP contribution in [0.4, 0.5) is 4.39 Å². The first-order valence-corrected chi connectivity index (χ1v) is 8.77. The number of carbonyl (C=O) groups is 1. The van der Waals surface area contributed by atoms with Gasteiger partial charge < -0.3 is 14.6 Å². The summed E-state index contributed by atoms with van der Waals surface area (Å²) < 4.78 is 21.8. The summed E-state index contributed by atoms with van der Waals surface area (Å²) in [5, 5.41) is 3.41. The average molecular weight is 388 g/mol. The van der Waals surface area contributed by atoms with Crippen LogP contribution in [0.2, 0.25) is 5.02 Å². The predicted molar refractivity (Wildman–Crippen MR) is 101 cm³/mol. The minimum Gasteiger partial charge on any atom is -0.481 e. The lowest BCUT2D eigenvalue weighted by molar-refractivity contribution is -0.127. The molecule has 0 bridgehead atoms. The number of ether oxygens (including phenoxy) is 1. The van der Waals surface area contributed by atoms with Gasteiger partial charge in [-0.1, -0.05) is 29.8 Å². The number of imidazole rings is 1. The van der Waals surface area contributed by atoms with E-state index in [4.69, 9.17) is 16.3 Å². The maximum absolute atomic E-state index is 14.4. The molecular formula is C20H19ClFN3O2. The van der Waals surface area contributed by atoms with Crippen molar-refractivity contribution in [3.8, 4) is 5.75 Å². The number of benzene rings is 2. The summed E-state index contributed by atoms with van der Waals surface area (Å²) in [4.78, 5) is 17.0. The first kappa shape index (κ1) is 18.9. The van der Waals surface area contributed by atoms with Crippen molar-refractivity contribution in [2.24, 2.45) is 7.05 Å². The molecule has 5 nitrogen and oxygen atoms in total. The Balaban J connectivity index is 1.81. The lowest BCUT2D eigenvalue weighted by Gasteiger charge is -2.22. The van der Waals surface area contributed by atoms with Crippen LogP contribution in [-0.2, 0) is 11.8 Å². The third-order valence-electron chi connectivity index (χ3n) is 4.12. The number of halogens is 2. The summed E-state index contributed by atoms with van der Waals surface area (Å²) >= 11 is 5.85. The van der Waals surface area contributed by atoms with Gasteiger partial charge in [-0.15, -0.1) is 0 Å². The molecule has 27 heavy (non-hydrogen) atoms. The molecule has 3 aromatic rings. The van der Waals surface area contributed by atoms with Crippen molar-refractivity contribution in [3.05, 3.63) is 83.2 Å². The van der Waals surface area contributed by atoms with Crippen LogP contribution in [0.5, 0.6) is 5.75 Å². The zero-order valence-electron chi connectivity index (χ0n) is 14.9. The third kappa shape index (κ3) is 4.46. The minimum absolute atomic E-state index is 0.332. The first-order chi connectivity index (χ1) is 13.0. The number of nitrogens with zero attached hydrogens (tertiary/aromatic N) is 2. The summed E-state index contributed by atoms with van der Waals surface area (Å²) in [5.41, 5.74) is 0.332. The van der Waals surface area contributed by atoms with Gasteiger partial charge in [0.05, 0.1) is 0 Å². The van der Waals surface area contributed by atoms with Crippen molar-refractivity contribution < 1.29 is 13.9 Å². The molecule has 7 heteroatoms. The van der Waals surface area contributed by atoms with E-state index in [0.717, 1.165) is 0 Å². The van der Waals surface area contributed by atoms with Gasteiger partial charge in [-0.25, -0.2) is 9.37 Å². The van der Waals surface area contributed by atoms with Crippen LogP contribution < -0.4 is 10.1 Å². The number of carbonyl (C=O) groups excluding carboxylic acids is 1. The van der Waals surface area contributed by atoms with Crippen molar-refractivity contribution in [2.45, 2.75) is 19.1 Å². The van der Waals surface area contributed by atoms with E-state index >= 15 is 0 Å². The molecule has 0 unspecified atom stereocenters. The monoisotopic (exact) mass is 387 g/mol. The molecule has 0 saturated carbocycles. The molecule has 0 fully saturated rings. The van der Waals surface area contributed by atoms with E-state index in [1.165, 1.54) is 6.07 Å². The smallest absolute Gasteiger partial charge is 0.261 e. The number of amides is 1. The summed E-state index contributed by atoms with van der Waals surface area (Å²) in [6.07, 6.45) is 2.55. The molecule has 2 atom stereocenters. The molecule has 0 radical (unpaired) electrons. The van der Waals surface area contributed by atoms with Gasteiger partial charge in [0, 0.05) is 30.0 Å². The van der Waals surface area contributed by atoms with Crippen LogP contribution in [0.1, 0.15) is 24.4 Å². The molecule has 0 spiro atoms. The maximum Gasteiger partial charge on any atom is 0.261 e. The van der Waals surface area contributed by atoms with Crippen LogP contribution in [0.25, 0.3) is 0 Å². The highest BCUT2D eigenvalue weighted by molar-refractivity contribution is 6.30. The van der Waals surface area contributed by atoms with Gasteiger partial charge in [0.25, 0.3) is 5.91 Å². The highest BCUT2D eigenvalue weighted by Crippen LogP contribution is 2.24. The Morgan fingerprint density at radius 2 is 1.93 bits per heavy atom. The number of hydrogen-bond acceptors (Lipinski definition) is 3. The summed E-state index contributed by atoms with van der Waals surface area (Å²) in [6, 6.07) is 12.3. The van der Waals surface area contributed by atoms with Gasteiger partial charge in [0.1, 0.15) is 23.4 Å². The largest absolute Gasteiger partial charge is 0.481 e. The minimum atomic E-state index is -0.791. The molecule has 1 heterocycles. The Kier molecular flexibility index (Phi) is 5.76. The van der Waals surface area contributed by atoms with Crippen molar-refractivity contribution in [3.63, 3.8) is 0 Å². The second-order valence-electron chi connectivity index (χ2n) is 6.07. The molecule has 1 aromatic heterocycles.